The molecule has 18 heavy (non-hydrogen) atoms. The number of nitrogens with zero attached hydrogens (tertiary/aromatic N) is 4. The molecule has 0 radical (unpaired) electrons. The lowest BCUT2D eigenvalue weighted by Crippen LogP contribution is -2.10. The van der Waals surface area contributed by atoms with Crippen molar-refractivity contribution in [1.82, 2.24) is 20.0 Å². The highest BCUT2D eigenvalue weighted by molar-refractivity contribution is 9.10. The number of fused-ring (bicyclic) bond motifs is 1. The van der Waals surface area contributed by atoms with Crippen LogP contribution in [-0.4, -0.2) is 26.5 Å². The molecule has 0 aliphatic heterocycles. The van der Waals surface area contributed by atoms with Crippen molar-refractivity contribution in [3.8, 4) is 10.7 Å². The minimum Gasteiger partial charge on any atom is -0.329 e. The molecule has 0 aliphatic carbocycles. The van der Waals surface area contributed by atoms with Crippen LogP contribution in [0.25, 0.3) is 20.9 Å². The summed E-state index contributed by atoms with van der Waals surface area (Å²) in [6, 6.07) is 6.06. The zero-order valence-electron chi connectivity index (χ0n) is 9.38. The molecule has 0 spiro atoms. The Hall–Kier alpha value is -1.31. The maximum atomic E-state index is 5.48. The lowest BCUT2D eigenvalue weighted by Gasteiger charge is -1.92. The molecule has 7 heteroatoms. The van der Waals surface area contributed by atoms with Gasteiger partial charge in [0.1, 0.15) is 10.7 Å². The highest BCUT2D eigenvalue weighted by Gasteiger charge is 2.10. The van der Waals surface area contributed by atoms with E-state index in [1.807, 2.05) is 24.4 Å². The van der Waals surface area contributed by atoms with Crippen molar-refractivity contribution >= 4 is 37.5 Å². The van der Waals surface area contributed by atoms with E-state index in [0.29, 0.717) is 13.1 Å². The Bertz CT molecular complexity index is 690. The standard InChI is InChI=1S/C11H10BrN5S/c12-7-1-2-10-8(5-7)14-11(18-10)9-6-17(4-3-13)16-15-9/h1-2,5-6H,3-4,13H2. The predicted molar refractivity (Wildman–Crippen MR) is 75.4 cm³/mol. The smallest absolute Gasteiger partial charge is 0.146 e. The number of aromatic nitrogens is 4. The zero-order valence-corrected chi connectivity index (χ0v) is 11.8. The minimum absolute atomic E-state index is 0.551. The third-order valence-corrected chi connectivity index (χ3v) is 4.02. The summed E-state index contributed by atoms with van der Waals surface area (Å²) in [4.78, 5) is 4.56. The molecule has 3 rings (SSSR count). The molecule has 2 N–H and O–H groups in total. The molecule has 0 aliphatic rings. The van der Waals surface area contributed by atoms with Crippen LogP contribution < -0.4 is 5.73 Å². The first kappa shape index (κ1) is 11.8. The second-order valence-corrected chi connectivity index (χ2v) is 5.73. The van der Waals surface area contributed by atoms with Gasteiger partial charge in [0.15, 0.2) is 0 Å². The maximum Gasteiger partial charge on any atom is 0.146 e. The molecule has 0 bridgehead atoms. The number of benzene rings is 1. The van der Waals surface area contributed by atoms with Gasteiger partial charge in [-0.15, -0.1) is 16.4 Å². The molecular weight excluding hydrogens is 314 g/mol. The van der Waals surface area contributed by atoms with Gasteiger partial charge >= 0.3 is 0 Å². The van der Waals surface area contributed by atoms with Gasteiger partial charge in [0, 0.05) is 11.0 Å². The lowest BCUT2D eigenvalue weighted by atomic mass is 10.3. The number of thiazole rings is 1. The Labute approximate surface area is 116 Å². The van der Waals surface area contributed by atoms with Crippen LogP contribution in [0.2, 0.25) is 0 Å². The lowest BCUT2D eigenvalue weighted by molar-refractivity contribution is 0.598. The van der Waals surface area contributed by atoms with Crippen LogP contribution >= 0.6 is 27.3 Å². The molecule has 5 nitrogen and oxygen atoms in total. The molecule has 2 aromatic heterocycles. The summed E-state index contributed by atoms with van der Waals surface area (Å²) >= 11 is 5.05. The highest BCUT2D eigenvalue weighted by Crippen LogP contribution is 2.30. The van der Waals surface area contributed by atoms with E-state index in [4.69, 9.17) is 5.73 Å². The number of hydrogen-bond acceptors (Lipinski definition) is 5. The second kappa shape index (κ2) is 4.75. The first-order valence-corrected chi connectivity index (χ1v) is 7.04. The first-order chi connectivity index (χ1) is 8.76. The van der Waals surface area contributed by atoms with Crippen LogP contribution in [0.15, 0.2) is 28.9 Å². The van der Waals surface area contributed by atoms with E-state index in [9.17, 15) is 0 Å². The Morgan fingerprint density at radius 1 is 1.39 bits per heavy atom. The molecule has 0 unspecified atom stereocenters. The fraction of sp³-hybridized carbons (Fsp3) is 0.182. The molecule has 0 saturated carbocycles. The summed E-state index contributed by atoms with van der Waals surface area (Å²) in [6.45, 7) is 1.22. The summed E-state index contributed by atoms with van der Waals surface area (Å²) in [6.07, 6.45) is 1.87. The van der Waals surface area contributed by atoms with Crippen LogP contribution in [-0.2, 0) is 6.54 Å². The SMILES string of the molecule is NCCn1cc(-c2nc3cc(Br)ccc3s2)nn1. The summed E-state index contributed by atoms with van der Waals surface area (Å²) < 4.78 is 3.90. The molecule has 0 amide bonds. The van der Waals surface area contributed by atoms with Crippen molar-refractivity contribution in [2.75, 3.05) is 6.54 Å². The predicted octanol–water partition coefficient (Wildman–Crippen LogP) is 2.28. The Morgan fingerprint density at radius 2 is 2.28 bits per heavy atom. The Morgan fingerprint density at radius 3 is 3.11 bits per heavy atom. The summed E-state index contributed by atoms with van der Waals surface area (Å²) in [5.41, 5.74) is 7.24. The van der Waals surface area contributed by atoms with Crippen molar-refractivity contribution in [3.05, 3.63) is 28.9 Å². The summed E-state index contributed by atoms with van der Waals surface area (Å²) in [5, 5.41) is 9.01. The quantitative estimate of drug-likeness (QED) is 0.802. The molecule has 92 valence electrons. The van der Waals surface area contributed by atoms with Crippen molar-refractivity contribution in [3.63, 3.8) is 0 Å². The third-order valence-electron chi connectivity index (χ3n) is 2.47. The molecule has 3 aromatic rings. The van der Waals surface area contributed by atoms with Gasteiger partial charge in [0.25, 0.3) is 0 Å². The Balaban J connectivity index is 2.02. The van der Waals surface area contributed by atoms with Gasteiger partial charge in [0.2, 0.25) is 0 Å². The fourth-order valence-electron chi connectivity index (χ4n) is 1.65. The van der Waals surface area contributed by atoms with Crippen LogP contribution in [0.5, 0.6) is 0 Å². The average Bonchev–Trinajstić information content (AvgIpc) is 2.94. The van der Waals surface area contributed by atoms with Crippen LogP contribution in [0.4, 0.5) is 0 Å². The van der Waals surface area contributed by atoms with Gasteiger partial charge in [-0.3, -0.25) is 4.68 Å². The summed E-state index contributed by atoms with van der Waals surface area (Å²) in [7, 11) is 0. The molecule has 0 atom stereocenters. The minimum atomic E-state index is 0.551. The second-order valence-electron chi connectivity index (χ2n) is 3.79. The van der Waals surface area contributed by atoms with E-state index in [0.717, 1.165) is 25.4 Å². The van der Waals surface area contributed by atoms with E-state index < -0.39 is 0 Å². The number of nitrogens with two attached hydrogens (primary N) is 1. The Kier molecular flexibility index (Phi) is 3.11. The van der Waals surface area contributed by atoms with Gasteiger partial charge in [0.05, 0.1) is 23.0 Å². The van der Waals surface area contributed by atoms with E-state index in [1.165, 1.54) is 0 Å². The fourth-order valence-corrected chi connectivity index (χ4v) is 2.89. The van der Waals surface area contributed by atoms with Crippen LogP contribution in [0.3, 0.4) is 0 Å². The molecule has 2 heterocycles. The van der Waals surface area contributed by atoms with E-state index >= 15 is 0 Å². The highest BCUT2D eigenvalue weighted by atomic mass is 79.9. The topological polar surface area (TPSA) is 69.6 Å². The van der Waals surface area contributed by atoms with Crippen LogP contribution in [0.1, 0.15) is 0 Å². The first-order valence-electron chi connectivity index (χ1n) is 5.43. The van der Waals surface area contributed by atoms with Crippen LogP contribution in [0, 0.1) is 0 Å². The largest absolute Gasteiger partial charge is 0.329 e. The summed E-state index contributed by atoms with van der Waals surface area (Å²) in [5.74, 6) is 0. The molecule has 0 saturated heterocycles. The number of halogens is 1. The molecular formula is C11H10BrN5S. The van der Waals surface area contributed by atoms with Crippen molar-refractivity contribution in [1.29, 1.82) is 0 Å². The molecule has 0 fully saturated rings. The maximum absolute atomic E-state index is 5.48. The van der Waals surface area contributed by atoms with E-state index in [2.05, 4.69) is 31.2 Å². The van der Waals surface area contributed by atoms with Crippen molar-refractivity contribution in [2.45, 2.75) is 6.54 Å². The van der Waals surface area contributed by atoms with Gasteiger partial charge in [-0.05, 0) is 18.2 Å². The average molecular weight is 324 g/mol. The third kappa shape index (κ3) is 2.16. The normalized spacial score (nSPS) is 11.2. The van der Waals surface area contributed by atoms with Gasteiger partial charge in [-0.1, -0.05) is 21.1 Å². The van der Waals surface area contributed by atoms with Crippen molar-refractivity contribution < 1.29 is 0 Å². The number of hydrogen-bond donors (Lipinski definition) is 1. The van der Waals surface area contributed by atoms with Gasteiger partial charge in [-0.2, -0.15) is 0 Å². The zero-order chi connectivity index (χ0) is 12.5. The van der Waals surface area contributed by atoms with E-state index in [1.54, 1.807) is 16.0 Å². The monoisotopic (exact) mass is 323 g/mol. The van der Waals surface area contributed by atoms with Crippen molar-refractivity contribution in [2.24, 2.45) is 5.73 Å². The van der Waals surface area contributed by atoms with Gasteiger partial charge in [-0.25, -0.2) is 4.98 Å². The molecule has 1 aromatic carbocycles. The van der Waals surface area contributed by atoms with Gasteiger partial charge < -0.3 is 5.73 Å². The van der Waals surface area contributed by atoms with E-state index in [-0.39, 0.29) is 0 Å². The number of rotatable bonds is 3.